The third-order valence-corrected chi connectivity index (χ3v) is 46.0. The van der Waals surface area contributed by atoms with Crippen LogP contribution in [0.4, 0.5) is 0 Å². The van der Waals surface area contributed by atoms with E-state index in [1.54, 1.807) is 41.5 Å². The standard InChI is InChI=1S/C65H117N9O15P12/c1-14-36(8)47(31-50(75)48(24-25-53(66)78)68-60(81)45(33-88-100(94)97-91)29-51(76)55(37(9)15-2)71-59(80)44(18-5)27-42-22-20-19-21-23-42)62(83)72-56(38(10)16-3)52(77)30-46(34-89-101(95)98-92)61(82)70-54(35(6)7)64(85)67-41(13)58(79)69-49(63(84)73-57(65(86)87)39(11)17-4)28-43-26-40(12)74(32-43)99(93)96-90/h19-23,35-39,41,43-49,54-57,96-98H,12,14-18,24-34,90-95H2,1-11,13H3,(H2,66,78)(H,67,85)(H,68,81)(H,69,79)(H,70,82)(H,71,80)(H,72,83)(H,73,84)(H,86,87)/t36-,37-,38-,39-,41-,43-,44+,45-,46-,47+,48+,49-,54+,55-,56-,57-,99?,100?,101?/m0/s1. The molecule has 572 valence electrons. The highest BCUT2D eigenvalue weighted by Crippen LogP contribution is 2.71. The fourth-order valence-electron chi connectivity index (χ4n) is 11.4. The molecule has 0 bridgehead atoms. The molecule has 0 aliphatic carbocycles. The molecule has 8 amide bonds. The second-order valence-electron chi connectivity index (χ2n) is 26.7. The molecular formula is C65H117N9O15P12. The topological polar surface area (TPSA) is 357 Å². The molecule has 28 atom stereocenters. The first-order chi connectivity index (χ1) is 47.6. The number of carbonyl (C=O) groups is 12. The van der Waals surface area contributed by atoms with Crippen LogP contribution in [0.15, 0.2) is 42.6 Å². The van der Waals surface area contributed by atoms with Crippen LogP contribution in [0.1, 0.15) is 166 Å². The van der Waals surface area contributed by atoms with Gasteiger partial charge in [-0.05, 0) is 96.0 Å². The van der Waals surface area contributed by atoms with Gasteiger partial charge in [0.1, 0.15) is 24.2 Å². The number of benzene rings is 1. The predicted octanol–water partition coefficient (Wildman–Crippen LogP) is 10.6. The van der Waals surface area contributed by atoms with Crippen LogP contribution in [0.3, 0.4) is 0 Å². The van der Waals surface area contributed by atoms with Crippen LogP contribution in [-0.4, -0.2) is 142 Å². The van der Waals surface area contributed by atoms with E-state index in [9.17, 15) is 62.6 Å². The van der Waals surface area contributed by atoms with Crippen molar-refractivity contribution in [2.45, 2.75) is 209 Å². The zero-order valence-corrected chi connectivity index (χ0v) is 73.3. The monoisotopic (exact) mass is 1640 g/mol. The molecule has 1 saturated heterocycles. The van der Waals surface area contributed by atoms with Crippen molar-refractivity contribution in [2.24, 2.45) is 64.9 Å². The van der Waals surface area contributed by atoms with Crippen LogP contribution in [0.25, 0.3) is 0 Å². The number of hydrogen-bond acceptors (Lipinski definition) is 15. The third kappa shape index (κ3) is 33.2. The molecule has 101 heavy (non-hydrogen) atoms. The van der Waals surface area contributed by atoms with Crippen molar-refractivity contribution in [2.75, 3.05) is 19.8 Å². The Hall–Kier alpha value is -1.92. The summed E-state index contributed by atoms with van der Waals surface area (Å²) in [6.07, 6.45) is 1.66. The number of primary amides is 1. The number of amides is 8. The summed E-state index contributed by atoms with van der Waals surface area (Å²) in [7, 11) is 14.2. The van der Waals surface area contributed by atoms with Gasteiger partial charge in [-0.1, -0.05) is 173 Å². The summed E-state index contributed by atoms with van der Waals surface area (Å²) in [4.78, 5) is 169. The highest BCUT2D eigenvalue weighted by Gasteiger charge is 2.41. The third-order valence-electron chi connectivity index (χ3n) is 18.8. The highest BCUT2D eigenvalue weighted by atomic mass is 32.6. The maximum Gasteiger partial charge on any atom is 0.326 e. The number of carbonyl (C=O) groups excluding carboxylic acids is 11. The Labute approximate surface area is 622 Å². The summed E-state index contributed by atoms with van der Waals surface area (Å²) in [5.74, 6) is -14.3. The number of nitrogens with two attached hydrogens (primary N) is 1. The van der Waals surface area contributed by atoms with Crippen molar-refractivity contribution < 1.29 is 71.7 Å². The van der Waals surface area contributed by atoms with Crippen molar-refractivity contribution in [1.82, 2.24) is 41.9 Å². The van der Waals surface area contributed by atoms with Crippen LogP contribution in [0.5, 0.6) is 0 Å². The van der Waals surface area contributed by atoms with Gasteiger partial charge in [0.25, 0.3) is 0 Å². The number of hydrogen-bond donors (Lipinski definition) is 9. The first-order valence-corrected chi connectivity index (χ1v) is 54.2. The van der Waals surface area contributed by atoms with Gasteiger partial charge in [0, 0.05) is 57.2 Å². The van der Waals surface area contributed by atoms with Gasteiger partial charge in [-0.2, -0.15) is 0 Å². The zero-order valence-electron chi connectivity index (χ0n) is 60.7. The van der Waals surface area contributed by atoms with Crippen molar-refractivity contribution in [1.29, 1.82) is 0 Å². The number of allylic oxidation sites excluding steroid dienone is 1. The van der Waals surface area contributed by atoms with Gasteiger partial charge < -0.3 is 61.8 Å². The molecule has 24 nitrogen and oxygen atoms in total. The van der Waals surface area contributed by atoms with Gasteiger partial charge >= 0.3 is 5.97 Å². The Bertz CT molecular complexity index is 2900. The molecule has 10 N–H and O–H groups in total. The van der Waals surface area contributed by atoms with E-state index in [-0.39, 0.29) is 72.6 Å². The Morgan fingerprint density at radius 3 is 1.50 bits per heavy atom. The summed E-state index contributed by atoms with van der Waals surface area (Å²) in [6.45, 7) is 25.5. The number of aliphatic carboxylic acids is 1. The van der Waals surface area contributed by atoms with E-state index in [0.717, 1.165) is 11.3 Å². The van der Waals surface area contributed by atoms with Crippen LogP contribution in [0, 0.1) is 59.2 Å². The smallest absolute Gasteiger partial charge is 0.326 e. The van der Waals surface area contributed by atoms with E-state index in [1.807, 2.05) is 65.0 Å². The Kier molecular flexibility index (Phi) is 47.0. The van der Waals surface area contributed by atoms with Gasteiger partial charge in [-0.3, -0.25) is 52.7 Å². The van der Waals surface area contributed by atoms with E-state index in [2.05, 4.69) is 102 Å². The molecule has 0 radical (unpaired) electrons. The number of rotatable bonds is 51. The van der Waals surface area contributed by atoms with Crippen molar-refractivity contribution >= 4 is 171 Å². The van der Waals surface area contributed by atoms with Gasteiger partial charge in [0.2, 0.25) is 47.3 Å². The lowest BCUT2D eigenvalue weighted by molar-refractivity contribution is -0.144. The van der Waals surface area contributed by atoms with Crippen molar-refractivity contribution in [3.8, 4) is 0 Å². The minimum atomic E-state index is -1.36. The number of ketones is 3. The fraction of sp³-hybridized carbons (Fsp3) is 0.692. The molecule has 1 aliphatic rings. The number of Topliss-reactive ketones (excluding diaryl/α,β-unsaturated/α-hetero) is 3. The molecule has 0 saturated carbocycles. The summed E-state index contributed by atoms with van der Waals surface area (Å²) >= 11 is 0. The van der Waals surface area contributed by atoms with E-state index in [0.29, 0.717) is 59.4 Å². The Morgan fingerprint density at radius 1 is 0.564 bits per heavy atom. The average Bonchev–Trinajstić information content (AvgIpc) is 1.18. The number of carboxylic acids is 1. The van der Waals surface area contributed by atoms with Gasteiger partial charge in [-0.15, -0.1) is 26.8 Å². The number of carboxylic acid groups (broad SMARTS) is 1. The maximum absolute atomic E-state index is 14.9. The van der Waals surface area contributed by atoms with E-state index >= 15 is 0 Å². The summed E-state index contributed by atoms with van der Waals surface area (Å²) in [6, 6.07) is 1.13. The molecule has 36 heteroatoms. The lowest BCUT2D eigenvalue weighted by Crippen LogP contribution is -2.58. The van der Waals surface area contributed by atoms with Crippen LogP contribution in [-0.2, 0) is 73.0 Å². The normalized spacial score (nSPS) is 18.9. The predicted molar refractivity (Wildman–Crippen MR) is 436 cm³/mol. The van der Waals surface area contributed by atoms with Crippen LogP contribution < -0.4 is 43.0 Å². The summed E-state index contributed by atoms with van der Waals surface area (Å²) < 4.78 is 14.4. The van der Waals surface area contributed by atoms with E-state index in [1.165, 1.54) is 6.92 Å². The minimum absolute atomic E-state index is 0.113. The maximum atomic E-state index is 14.9. The molecule has 1 aromatic rings. The van der Waals surface area contributed by atoms with Crippen molar-refractivity contribution in [3.05, 3.63) is 48.2 Å². The van der Waals surface area contributed by atoms with Gasteiger partial charge in [0.05, 0.1) is 58.2 Å². The molecule has 12 unspecified atom stereocenters. The molecule has 2 rings (SSSR count). The average molecular weight is 1640 g/mol. The quantitative estimate of drug-likeness (QED) is 0.0274. The Balaban J connectivity index is 2.49. The fourth-order valence-corrected chi connectivity index (χ4v) is 19.0. The van der Waals surface area contributed by atoms with E-state index < -0.39 is 190 Å². The molecule has 0 aromatic heterocycles. The van der Waals surface area contributed by atoms with Crippen LogP contribution >= 0.6 is 99.9 Å². The first-order valence-electron chi connectivity index (χ1n) is 34.6. The SMILES string of the molecule is C=C1C[C@@H](C[C@H](NC(=O)[C@H](C)NC(=O)[C@H](NC(=O)[C@H](COP(P)PP)CC(=O)[C@@H](NC(=O)[C@H](CC(=O)[C@@H](CCC(N)=O)NC(=O)[C@H](COP(P)PP)CC(=O)[C@@H](NC(=O)[C@H](CC)Cc2ccccc2)[C@@H](C)CC)[C@@H](C)CC)[C@@H](C)CC)C(C)C)C(=O)N[C@H](C(=O)O)[C@@H](C)CC)CN1P(P)PP. The van der Waals surface area contributed by atoms with Gasteiger partial charge in [-0.25, -0.2) is 4.79 Å². The van der Waals surface area contributed by atoms with Crippen LogP contribution in [0.2, 0.25) is 0 Å². The molecule has 1 heterocycles. The van der Waals surface area contributed by atoms with E-state index in [4.69, 9.17) is 14.8 Å². The largest absolute Gasteiger partial charge is 0.480 e. The molecule has 1 aromatic carbocycles. The summed E-state index contributed by atoms with van der Waals surface area (Å²) in [5, 5.41) is 29.7. The molecular weight excluding hydrogens is 1520 g/mol. The molecule has 1 aliphatic heterocycles. The molecule has 0 spiro atoms. The van der Waals surface area contributed by atoms with Crippen molar-refractivity contribution in [3.63, 3.8) is 0 Å². The summed E-state index contributed by atoms with van der Waals surface area (Å²) in [5.41, 5.74) is 7.49. The minimum Gasteiger partial charge on any atom is -0.480 e. The zero-order chi connectivity index (χ0) is 76.5. The van der Waals surface area contributed by atoms with Gasteiger partial charge in [0.15, 0.2) is 17.3 Å². The first kappa shape index (κ1) is 95.2. The number of nitrogens with one attached hydrogen (secondary N) is 7. The Morgan fingerprint density at radius 2 is 1.03 bits per heavy atom. The number of nitrogens with zero attached hydrogens (tertiary/aromatic N) is 1. The highest BCUT2D eigenvalue weighted by molar-refractivity contribution is 8.60. The molecule has 1 fully saturated rings. The second-order valence-corrected chi connectivity index (χ2v) is 52.7. The lowest BCUT2D eigenvalue weighted by Gasteiger charge is -2.30. The lowest BCUT2D eigenvalue weighted by atomic mass is 9.83. The second kappa shape index (κ2) is 49.9.